The summed E-state index contributed by atoms with van der Waals surface area (Å²) in [5, 5.41) is 0. The Kier molecular flexibility index (Phi) is 4.02. The highest BCUT2D eigenvalue weighted by atomic mass is 16.5. The Hall–Kier alpha value is -3.40. The van der Waals surface area contributed by atoms with Crippen molar-refractivity contribution >= 4 is 11.8 Å². The van der Waals surface area contributed by atoms with E-state index in [1.807, 2.05) is 36.4 Å². The van der Waals surface area contributed by atoms with Crippen molar-refractivity contribution in [2.24, 2.45) is 5.41 Å². The molecule has 5 rings (SSSR count). The number of methoxy groups -OCH3 is 1. The van der Waals surface area contributed by atoms with E-state index in [4.69, 9.17) is 9.47 Å². The van der Waals surface area contributed by atoms with E-state index in [-0.39, 0.29) is 17.6 Å². The van der Waals surface area contributed by atoms with Crippen molar-refractivity contribution in [3.63, 3.8) is 0 Å². The van der Waals surface area contributed by atoms with Crippen molar-refractivity contribution in [3.05, 3.63) is 95.6 Å². The third kappa shape index (κ3) is 2.52. The first-order valence-electron chi connectivity index (χ1n) is 9.70. The molecular weight excluding hydrogens is 364 g/mol. The van der Waals surface area contributed by atoms with Crippen molar-refractivity contribution in [3.8, 4) is 11.5 Å². The minimum atomic E-state index is -1.19. The normalized spacial score (nSPS) is 24.5. The highest BCUT2D eigenvalue weighted by molar-refractivity contribution is 6.15. The van der Waals surface area contributed by atoms with Crippen LogP contribution in [-0.2, 0) is 4.79 Å². The summed E-state index contributed by atoms with van der Waals surface area (Å²) in [4.78, 5) is 26.8. The Morgan fingerprint density at radius 1 is 0.966 bits per heavy atom. The quantitative estimate of drug-likeness (QED) is 0.282. The molecule has 0 radical (unpaired) electrons. The van der Waals surface area contributed by atoms with E-state index in [0.717, 1.165) is 11.1 Å². The number of hydrogen-bond donors (Lipinski definition) is 0. The SMILES string of the molecule is COc1ccc(C(=O)[C@]23C[C@H](c4ccccc4)[C@H]2c2ccccc2OC3=O)cc1. The van der Waals surface area contributed by atoms with Crippen LogP contribution in [0.5, 0.6) is 11.5 Å². The van der Waals surface area contributed by atoms with Gasteiger partial charge in [-0.15, -0.1) is 0 Å². The fourth-order valence-electron chi connectivity index (χ4n) is 4.83. The minimum Gasteiger partial charge on any atom is -0.497 e. The van der Waals surface area contributed by atoms with Gasteiger partial charge < -0.3 is 9.47 Å². The van der Waals surface area contributed by atoms with Gasteiger partial charge in [-0.05, 0) is 48.2 Å². The summed E-state index contributed by atoms with van der Waals surface area (Å²) in [5.74, 6) is 0.444. The Morgan fingerprint density at radius 3 is 2.38 bits per heavy atom. The fraction of sp³-hybridized carbons (Fsp3) is 0.200. The van der Waals surface area contributed by atoms with Crippen molar-refractivity contribution in [1.29, 1.82) is 0 Å². The van der Waals surface area contributed by atoms with E-state index < -0.39 is 11.4 Å². The van der Waals surface area contributed by atoms with Crippen LogP contribution >= 0.6 is 0 Å². The van der Waals surface area contributed by atoms with Crippen molar-refractivity contribution < 1.29 is 19.1 Å². The number of ether oxygens (including phenoxy) is 2. The molecule has 1 saturated carbocycles. The molecule has 29 heavy (non-hydrogen) atoms. The first-order valence-corrected chi connectivity index (χ1v) is 9.70. The number of Topliss-reactive ketones (excluding diaryl/α,β-unsaturated/α-hetero) is 1. The molecule has 1 fully saturated rings. The van der Waals surface area contributed by atoms with Gasteiger partial charge >= 0.3 is 5.97 Å². The van der Waals surface area contributed by atoms with Gasteiger partial charge in [0.2, 0.25) is 0 Å². The number of hydrogen-bond acceptors (Lipinski definition) is 4. The van der Waals surface area contributed by atoms with Gasteiger partial charge in [-0.3, -0.25) is 9.59 Å². The third-order valence-electron chi connectivity index (χ3n) is 6.28. The maximum absolute atomic E-state index is 13.6. The fourth-order valence-corrected chi connectivity index (χ4v) is 4.83. The molecule has 3 atom stereocenters. The minimum absolute atomic E-state index is 0.0902. The molecule has 0 N–H and O–H groups in total. The summed E-state index contributed by atoms with van der Waals surface area (Å²) in [7, 11) is 1.58. The van der Waals surface area contributed by atoms with Gasteiger partial charge in [-0.2, -0.15) is 0 Å². The number of benzene rings is 3. The molecule has 3 aromatic rings. The largest absolute Gasteiger partial charge is 0.497 e. The van der Waals surface area contributed by atoms with E-state index in [9.17, 15) is 9.59 Å². The van der Waals surface area contributed by atoms with E-state index in [1.165, 1.54) is 0 Å². The molecule has 0 saturated heterocycles. The average Bonchev–Trinajstić information content (AvgIpc) is 2.75. The number of carbonyl (C=O) groups excluding carboxylic acids is 2. The molecular formula is C25H20O4. The van der Waals surface area contributed by atoms with Crippen LogP contribution < -0.4 is 9.47 Å². The number of ketones is 1. The number of carbonyl (C=O) groups is 2. The lowest BCUT2D eigenvalue weighted by Gasteiger charge is -2.54. The zero-order valence-corrected chi connectivity index (χ0v) is 16.0. The summed E-state index contributed by atoms with van der Waals surface area (Å²) >= 11 is 0. The number of rotatable bonds is 4. The van der Waals surface area contributed by atoms with E-state index in [0.29, 0.717) is 23.5 Å². The lowest BCUT2D eigenvalue weighted by molar-refractivity contribution is -0.153. The summed E-state index contributed by atoms with van der Waals surface area (Å²) in [6, 6.07) is 24.6. The van der Waals surface area contributed by atoms with Crippen LogP contribution in [-0.4, -0.2) is 18.9 Å². The molecule has 144 valence electrons. The molecule has 1 aliphatic carbocycles. The van der Waals surface area contributed by atoms with Gasteiger partial charge in [0.15, 0.2) is 5.78 Å². The van der Waals surface area contributed by atoms with Crippen LogP contribution in [0, 0.1) is 5.41 Å². The second kappa shape index (κ2) is 6.59. The highest BCUT2D eigenvalue weighted by Gasteiger charge is 2.67. The topological polar surface area (TPSA) is 52.6 Å². The van der Waals surface area contributed by atoms with Crippen LogP contribution in [0.1, 0.15) is 39.7 Å². The zero-order chi connectivity index (χ0) is 20.0. The molecule has 0 aromatic heterocycles. The highest BCUT2D eigenvalue weighted by Crippen LogP contribution is 2.66. The average molecular weight is 384 g/mol. The maximum Gasteiger partial charge on any atom is 0.326 e. The number of fused-ring (bicyclic) bond motifs is 3. The first-order chi connectivity index (χ1) is 14.1. The van der Waals surface area contributed by atoms with Crippen LogP contribution in [0.4, 0.5) is 0 Å². The lowest BCUT2D eigenvalue weighted by atomic mass is 9.47. The summed E-state index contributed by atoms with van der Waals surface area (Å²) < 4.78 is 10.9. The molecule has 1 aliphatic heterocycles. The summed E-state index contributed by atoms with van der Waals surface area (Å²) in [5.41, 5.74) is 1.37. The molecule has 1 heterocycles. The maximum atomic E-state index is 13.6. The molecule has 0 spiro atoms. The van der Waals surface area contributed by atoms with Gasteiger partial charge in [-0.1, -0.05) is 48.5 Å². The van der Waals surface area contributed by atoms with Crippen LogP contribution in [0.3, 0.4) is 0 Å². The smallest absolute Gasteiger partial charge is 0.326 e. The molecule has 0 amide bonds. The Labute approximate surface area is 169 Å². The van der Waals surface area contributed by atoms with E-state index in [2.05, 4.69) is 12.1 Å². The zero-order valence-electron chi connectivity index (χ0n) is 16.0. The Morgan fingerprint density at radius 2 is 1.66 bits per heavy atom. The van der Waals surface area contributed by atoms with E-state index in [1.54, 1.807) is 37.4 Å². The van der Waals surface area contributed by atoms with Crippen LogP contribution in [0.25, 0.3) is 0 Å². The molecule has 4 nitrogen and oxygen atoms in total. The Balaban J connectivity index is 1.62. The van der Waals surface area contributed by atoms with Crippen LogP contribution in [0.2, 0.25) is 0 Å². The van der Waals surface area contributed by atoms with Gasteiger partial charge in [-0.25, -0.2) is 0 Å². The van der Waals surface area contributed by atoms with Gasteiger partial charge in [0.1, 0.15) is 16.9 Å². The van der Waals surface area contributed by atoms with E-state index >= 15 is 0 Å². The van der Waals surface area contributed by atoms with Crippen molar-refractivity contribution in [1.82, 2.24) is 0 Å². The number of para-hydroxylation sites is 1. The van der Waals surface area contributed by atoms with Crippen molar-refractivity contribution in [2.45, 2.75) is 18.3 Å². The molecule has 0 unspecified atom stereocenters. The number of esters is 1. The molecule has 2 aliphatic rings. The molecule has 0 bridgehead atoms. The van der Waals surface area contributed by atoms with Gasteiger partial charge in [0, 0.05) is 17.0 Å². The molecule has 4 heteroatoms. The predicted molar refractivity (Wildman–Crippen MR) is 108 cm³/mol. The van der Waals surface area contributed by atoms with Gasteiger partial charge in [0.05, 0.1) is 7.11 Å². The third-order valence-corrected chi connectivity index (χ3v) is 6.28. The van der Waals surface area contributed by atoms with Crippen molar-refractivity contribution in [2.75, 3.05) is 7.11 Å². The predicted octanol–water partition coefficient (Wildman–Crippen LogP) is 4.75. The second-order valence-corrected chi connectivity index (χ2v) is 7.66. The molecule has 3 aromatic carbocycles. The Bertz CT molecular complexity index is 1090. The van der Waals surface area contributed by atoms with Gasteiger partial charge in [0.25, 0.3) is 0 Å². The first kappa shape index (κ1) is 17.7. The van der Waals surface area contributed by atoms with Crippen LogP contribution in [0.15, 0.2) is 78.9 Å². The second-order valence-electron chi connectivity index (χ2n) is 7.66. The monoisotopic (exact) mass is 384 g/mol. The lowest BCUT2D eigenvalue weighted by Crippen LogP contribution is -2.59. The standard InChI is InChI=1S/C25H20O4/c1-28-18-13-11-17(12-14-18)23(26)25-15-20(16-7-3-2-4-8-16)22(25)19-9-5-6-10-21(19)29-24(25)27/h2-14,20,22H,15H2,1H3/t20-,22-,25+/m1/s1. The summed E-state index contributed by atoms with van der Waals surface area (Å²) in [6.45, 7) is 0. The summed E-state index contributed by atoms with van der Waals surface area (Å²) in [6.07, 6.45) is 0.444.